The van der Waals surface area contributed by atoms with Crippen LogP contribution >= 0.6 is 0 Å². The first-order chi connectivity index (χ1) is 26.8. The number of fused-ring (bicyclic) bond motifs is 6. The number of aromatic nitrogens is 1. The van der Waals surface area contributed by atoms with Gasteiger partial charge in [0.05, 0.1) is 33.0 Å². The van der Waals surface area contributed by atoms with Gasteiger partial charge in [-0.15, -0.1) is 0 Å². The van der Waals surface area contributed by atoms with Gasteiger partial charge in [-0.3, -0.25) is 14.6 Å². The van der Waals surface area contributed by atoms with Gasteiger partial charge in [0, 0.05) is 89.9 Å². The number of piperidine rings is 1. The van der Waals surface area contributed by atoms with Gasteiger partial charge in [-0.1, -0.05) is 51.1 Å². The minimum Gasteiger partial charge on any atom is -0.496 e. The Balaban J connectivity index is 1.36. The second-order valence-electron chi connectivity index (χ2n) is 17.9. The number of hydrogen-bond acceptors (Lipinski definition) is 10. The standard InChI is InChI=1S/C45H58N4O7/c1-8-41(52)23-28-24-44(39(50)55-6,36-30(15-19-48(25-28)26-41)29-13-10-11-14-33(29)46-36)32-21-31-34(22-35(32)54-5)47(4)38-43(31)17-20-49-18-12-16-42(9-2,37(43)49)27(3)45(38,53)40(51)56-7/h10-14,16,21-22,27-28,37-38,46,52-53H,8-9,15,17-20,23-26H2,1-7H3/t27-,28+,37+,38-,41+,42+,43-,44+,45-/m1/s1. The first-order valence-electron chi connectivity index (χ1n) is 20.6. The highest BCUT2D eigenvalue weighted by atomic mass is 16.5. The maximum absolute atomic E-state index is 15.3. The summed E-state index contributed by atoms with van der Waals surface area (Å²) in [5, 5.41) is 26.2. The van der Waals surface area contributed by atoms with Crippen LogP contribution in [0.3, 0.4) is 0 Å². The maximum Gasteiger partial charge on any atom is 0.340 e. The molecule has 6 aliphatic rings. The molecule has 3 N–H and O–H groups in total. The Morgan fingerprint density at radius 3 is 2.45 bits per heavy atom. The lowest BCUT2D eigenvalue weighted by atomic mass is 9.45. The molecule has 1 aliphatic carbocycles. The van der Waals surface area contributed by atoms with Crippen molar-refractivity contribution in [3.63, 3.8) is 0 Å². The molecule has 3 aromatic rings. The van der Waals surface area contributed by atoms with Crippen molar-refractivity contribution in [2.45, 2.75) is 93.4 Å². The van der Waals surface area contributed by atoms with Crippen molar-refractivity contribution >= 4 is 28.5 Å². The van der Waals surface area contributed by atoms with Crippen molar-refractivity contribution in [3.8, 4) is 5.75 Å². The summed E-state index contributed by atoms with van der Waals surface area (Å²) in [6, 6.07) is 11.8. The Morgan fingerprint density at radius 1 is 0.964 bits per heavy atom. The van der Waals surface area contributed by atoms with E-state index >= 15 is 4.79 Å². The third-order valence-electron chi connectivity index (χ3n) is 15.9. The number of benzene rings is 2. The Kier molecular flexibility index (Phi) is 8.61. The number of esters is 2. The van der Waals surface area contributed by atoms with Crippen LogP contribution in [-0.2, 0) is 36.3 Å². The normalized spacial score (nSPS) is 38.4. The molecule has 56 heavy (non-hydrogen) atoms. The Bertz CT molecular complexity index is 2130. The number of aromatic amines is 1. The van der Waals surface area contributed by atoms with Crippen LogP contribution in [0, 0.1) is 17.3 Å². The largest absolute Gasteiger partial charge is 0.496 e. The molecule has 300 valence electrons. The summed E-state index contributed by atoms with van der Waals surface area (Å²) in [5.41, 5.74) is 0.0814. The van der Waals surface area contributed by atoms with Crippen LogP contribution in [0.15, 0.2) is 48.6 Å². The highest BCUT2D eigenvalue weighted by Gasteiger charge is 2.78. The highest BCUT2D eigenvalue weighted by Crippen LogP contribution is 2.69. The molecule has 1 aromatic heterocycles. The van der Waals surface area contributed by atoms with Gasteiger partial charge in [0.25, 0.3) is 0 Å². The van der Waals surface area contributed by atoms with E-state index in [9.17, 15) is 15.0 Å². The number of anilines is 1. The fourth-order valence-corrected chi connectivity index (χ4v) is 13.6. The number of ether oxygens (including phenoxy) is 3. The fourth-order valence-electron chi connectivity index (χ4n) is 13.6. The summed E-state index contributed by atoms with van der Waals surface area (Å²) < 4.78 is 17.9. The lowest BCUT2D eigenvalue weighted by molar-refractivity contribution is -0.197. The van der Waals surface area contributed by atoms with Crippen molar-refractivity contribution < 1.29 is 34.0 Å². The molecule has 5 aliphatic heterocycles. The molecule has 1 saturated carbocycles. The Hall–Kier alpha value is -3.90. The zero-order valence-corrected chi connectivity index (χ0v) is 34.0. The highest BCUT2D eigenvalue weighted by molar-refractivity contribution is 5.94. The Labute approximate surface area is 329 Å². The number of carbonyl (C=O) groups excluding carboxylic acids is 2. The molecule has 3 fully saturated rings. The van der Waals surface area contributed by atoms with E-state index in [-0.39, 0.29) is 17.9 Å². The summed E-state index contributed by atoms with van der Waals surface area (Å²) in [5.74, 6) is -0.979. The summed E-state index contributed by atoms with van der Waals surface area (Å²) in [6.45, 7) is 9.90. The molecular weight excluding hydrogens is 709 g/mol. The molecule has 11 heteroatoms. The van der Waals surface area contributed by atoms with Gasteiger partial charge in [-0.05, 0) is 74.2 Å². The molecule has 6 heterocycles. The number of likely N-dealkylation sites (N-methyl/N-ethyl adjacent to an activating group) is 1. The van der Waals surface area contributed by atoms with E-state index in [0.29, 0.717) is 50.0 Å². The van der Waals surface area contributed by atoms with Crippen molar-refractivity contribution in [2.75, 3.05) is 66.0 Å². The van der Waals surface area contributed by atoms with Crippen LogP contribution in [0.4, 0.5) is 5.69 Å². The third kappa shape index (κ3) is 4.60. The SMILES string of the molecule is CC[C@]1(O)C[C@@H]2CN(CCc3c([nH]c4ccccc34)[C@@](C(=O)OC)(c3cc4c(cc3OC)N(C)[C@H]3[C@@](O)(C(=O)OC)[C@H](C)[C@]5(CC)C=CCN6CC[C@]43[C@@H]65)C2)C1. The fraction of sp³-hybridized carbons (Fsp3) is 0.600. The number of carbonyl (C=O) groups is 2. The zero-order chi connectivity index (χ0) is 39.6. The van der Waals surface area contributed by atoms with E-state index < -0.39 is 45.4 Å². The first-order valence-corrected chi connectivity index (χ1v) is 20.6. The molecule has 2 saturated heterocycles. The topological polar surface area (TPSA) is 128 Å². The molecule has 0 amide bonds. The monoisotopic (exact) mass is 766 g/mol. The molecule has 1 spiro atoms. The summed E-state index contributed by atoms with van der Waals surface area (Å²) in [6.07, 6.45) is 8.16. The smallest absolute Gasteiger partial charge is 0.340 e. The summed E-state index contributed by atoms with van der Waals surface area (Å²) >= 11 is 0. The van der Waals surface area contributed by atoms with E-state index in [0.717, 1.165) is 66.0 Å². The number of para-hydroxylation sites is 1. The van der Waals surface area contributed by atoms with Gasteiger partial charge in [-0.25, -0.2) is 4.79 Å². The van der Waals surface area contributed by atoms with Crippen LogP contribution in [0.2, 0.25) is 0 Å². The van der Waals surface area contributed by atoms with E-state index in [4.69, 9.17) is 14.2 Å². The van der Waals surface area contributed by atoms with Gasteiger partial charge in [0.1, 0.15) is 11.2 Å². The van der Waals surface area contributed by atoms with Crippen LogP contribution in [0.1, 0.15) is 75.3 Å². The van der Waals surface area contributed by atoms with Crippen LogP contribution in [0.25, 0.3) is 10.9 Å². The second-order valence-corrected chi connectivity index (χ2v) is 17.9. The molecule has 9 rings (SSSR count). The second kappa shape index (κ2) is 12.8. The number of nitrogens with zero attached hydrogens (tertiary/aromatic N) is 3. The number of hydrogen-bond donors (Lipinski definition) is 3. The van der Waals surface area contributed by atoms with Crippen molar-refractivity contribution in [3.05, 3.63) is 70.9 Å². The predicted octanol–water partition coefficient (Wildman–Crippen LogP) is 4.70. The van der Waals surface area contributed by atoms with Gasteiger partial charge in [-0.2, -0.15) is 0 Å². The molecule has 11 nitrogen and oxygen atoms in total. The maximum atomic E-state index is 15.3. The summed E-state index contributed by atoms with van der Waals surface area (Å²) in [4.78, 5) is 40.3. The number of aliphatic hydroxyl groups is 2. The quantitative estimate of drug-likeness (QED) is 0.240. The molecule has 2 aromatic carbocycles. The van der Waals surface area contributed by atoms with Crippen LogP contribution in [-0.4, -0.2) is 121 Å². The minimum atomic E-state index is -1.85. The minimum absolute atomic E-state index is 0.0235. The average Bonchev–Trinajstić information content (AvgIpc) is 3.87. The number of rotatable bonds is 6. The lowest BCUT2D eigenvalue weighted by Gasteiger charge is -2.64. The van der Waals surface area contributed by atoms with E-state index in [1.165, 1.54) is 14.2 Å². The van der Waals surface area contributed by atoms with Crippen molar-refractivity contribution in [1.82, 2.24) is 14.8 Å². The third-order valence-corrected chi connectivity index (χ3v) is 15.9. The van der Waals surface area contributed by atoms with E-state index in [1.807, 2.05) is 39.1 Å². The molecule has 2 bridgehead atoms. The molecule has 10 atom stereocenters. The van der Waals surface area contributed by atoms with Gasteiger partial charge >= 0.3 is 11.9 Å². The van der Waals surface area contributed by atoms with Gasteiger partial charge in [0.2, 0.25) is 0 Å². The summed E-state index contributed by atoms with van der Waals surface area (Å²) in [7, 11) is 6.46. The van der Waals surface area contributed by atoms with Crippen LogP contribution in [0.5, 0.6) is 5.75 Å². The average molecular weight is 767 g/mol. The van der Waals surface area contributed by atoms with E-state index in [1.54, 1.807) is 7.11 Å². The first kappa shape index (κ1) is 37.7. The van der Waals surface area contributed by atoms with E-state index in [2.05, 4.69) is 57.0 Å². The lowest BCUT2D eigenvalue weighted by Crippen LogP contribution is -2.78. The number of nitrogens with one attached hydrogen (secondary N) is 1. The van der Waals surface area contributed by atoms with Gasteiger partial charge in [0.15, 0.2) is 5.60 Å². The molecule has 0 radical (unpaired) electrons. The Morgan fingerprint density at radius 2 is 1.73 bits per heavy atom. The molecular formula is C45H58N4O7. The van der Waals surface area contributed by atoms with Crippen molar-refractivity contribution in [2.24, 2.45) is 17.3 Å². The predicted molar refractivity (Wildman–Crippen MR) is 214 cm³/mol. The number of H-pyrrole nitrogens is 1. The van der Waals surface area contributed by atoms with Crippen LogP contribution < -0.4 is 9.64 Å². The van der Waals surface area contributed by atoms with Gasteiger partial charge < -0.3 is 34.3 Å². The zero-order valence-electron chi connectivity index (χ0n) is 34.0. The number of methoxy groups -OCH3 is 3. The molecule has 1 unspecified atom stereocenters. The van der Waals surface area contributed by atoms with Crippen molar-refractivity contribution in [1.29, 1.82) is 0 Å².